The minimum absolute atomic E-state index is 0.00555. The predicted molar refractivity (Wildman–Crippen MR) is 116 cm³/mol. The quantitative estimate of drug-likeness (QED) is 0.634. The Morgan fingerprint density at radius 2 is 1.75 bits per heavy atom. The number of piperidine rings is 1. The fraction of sp³-hybridized carbons (Fsp3) is 0.364. The maximum absolute atomic E-state index is 12.9. The molecule has 1 aliphatic rings. The number of halogens is 1. The third kappa shape index (κ3) is 5.30. The second-order valence-corrected chi connectivity index (χ2v) is 8.57. The zero-order valence-electron chi connectivity index (χ0n) is 16.0. The van der Waals surface area contributed by atoms with Crippen LogP contribution in [0.3, 0.4) is 0 Å². The van der Waals surface area contributed by atoms with Crippen molar-refractivity contribution < 1.29 is 9.59 Å². The fourth-order valence-corrected chi connectivity index (χ4v) is 4.34. The zero-order valence-corrected chi connectivity index (χ0v) is 17.6. The van der Waals surface area contributed by atoms with Gasteiger partial charge in [-0.1, -0.05) is 30.7 Å². The normalized spacial score (nSPS) is 15.1. The van der Waals surface area contributed by atoms with Crippen LogP contribution in [0.2, 0.25) is 5.02 Å². The fourth-order valence-electron chi connectivity index (χ4n) is 3.26. The molecule has 6 heteroatoms. The number of thioether (sulfide) groups is 1. The van der Waals surface area contributed by atoms with Gasteiger partial charge in [0.1, 0.15) is 0 Å². The number of nitrogens with zero attached hydrogens (tertiary/aromatic N) is 1. The lowest BCUT2D eigenvalue weighted by Gasteiger charge is -2.27. The lowest BCUT2D eigenvalue weighted by Crippen LogP contribution is -2.36. The number of carbonyl (C=O) groups excluding carboxylic acids is 2. The molecule has 4 nitrogen and oxygen atoms in total. The first-order valence-electron chi connectivity index (χ1n) is 9.70. The summed E-state index contributed by atoms with van der Waals surface area (Å²) < 4.78 is 0. The highest BCUT2D eigenvalue weighted by Gasteiger charge is 2.23. The number of hydrogen-bond acceptors (Lipinski definition) is 3. The van der Waals surface area contributed by atoms with Crippen molar-refractivity contribution in [1.82, 2.24) is 4.90 Å². The molecule has 0 saturated carbocycles. The summed E-state index contributed by atoms with van der Waals surface area (Å²) in [5, 5.41) is 3.40. The Morgan fingerprint density at radius 3 is 2.43 bits per heavy atom. The summed E-state index contributed by atoms with van der Waals surface area (Å²) in [6.45, 7) is 3.55. The summed E-state index contributed by atoms with van der Waals surface area (Å²) in [6, 6.07) is 14.7. The van der Waals surface area contributed by atoms with Crippen LogP contribution in [0.5, 0.6) is 0 Å². The third-order valence-electron chi connectivity index (χ3n) is 4.81. The van der Waals surface area contributed by atoms with Crippen LogP contribution in [0.1, 0.15) is 43.0 Å². The van der Waals surface area contributed by atoms with Crippen LogP contribution in [0.4, 0.5) is 5.69 Å². The van der Waals surface area contributed by atoms with E-state index in [-0.39, 0.29) is 17.1 Å². The molecule has 1 heterocycles. The van der Waals surface area contributed by atoms with Gasteiger partial charge in [-0.05, 0) is 62.1 Å². The summed E-state index contributed by atoms with van der Waals surface area (Å²) in [4.78, 5) is 28.7. The predicted octanol–water partition coefficient (Wildman–Crippen LogP) is 5.48. The van der Waals surface area contributed by atoms with Crippen LogP contribution < -0.4 is 5.32 Å². The van der Waals surface area contributed by atoms with Crippen LogP contribution in [0.15, 0.2) is 53.4 Å². The van der Waals surface area contributed by atoms with Crippen molar-refractivity contribution in [3.63, 3.8) is 0 Å². The number of likely N-dealkylation sites (tertiary alicyclic amines) is 1. The molecule has 28 heavy (non-hydrogen) atoms. The maximum atomic E-state index is 12.9. The van der Waals surface area contributed by atoms with E-state index in [1.807, 2.05) is 48.2 Å². The van der Waals surface area contributed by atoms with Gasteiger partial charge in [0.05, 0.1) is 16.5 Å². The topological polar surface area (TPSA) is 49.4 Å². The summed E-state index contributed by atoms with van der Waals surface area (Å²) in [5.74, 6) is -0.102. The van der Waals surface area contributed by atoms with Gasteiger partial charge in [-0.15, -0.1) is 11.8 Å². The van der Waals surface area contributed by atoms with E-state index in [2.05, 4.69) is 5.32 Å². The minimum atomic E-state index is -0.251. The first-order valence-corrected chi connectivity index (χ1v) is 11.0. The molecule has 1 aliphatic heterocycles. The van der Waals surface area contributed by atoms with Gasteiger partial charge in [0.15, 0.2) is 0 Å². The number of para-hydroxylation sites is 1. The van der Waals surface area contributed by atoms with Crippen molar-refractivity contribution in [2.75, 3.05) is 18.4 Å². The molecule has 2 aromatic rings. The van der Waals surface area contributed by atoms with Crippen molar-refractivity contribution >= 4 is 40.9 Å². The number of amides is 2. The first kappa shape index (κ1) is 20.7. The lowest BCUT2D eigenvalue weighted by atomic mass is 10.1. The smallest absolute Gasteiger partial charge is 0.255 e. The highest BCUT2D eigenvalue weighted by molar-refractivity contribution is 8.00. The van der Waals surface area contributed by atoms with E-state index in [1.165, 1.54) is 18.2 Å². The van der Waals surface area contributed by atoms with E-state index in [1.54, 1.807) is 12.1 Å². The van der Waals surface area contributed by atoms with Gasteiger partial charge in [0, 0.05) is 23.0 Å². The van der Waals surface area contributed by atoms with E-state index >= 15 is 0 Å². The van der Waals surface area contributed by atoms with Crippen LogP contribution in [0, 0.1) is 0 Å². The number of nitrogens with one attached hydrogen (secondary N) is 1. The standard InChI is InChI=1S/C22H25ClN2O2S/c1-2-20(28-17-12-10-16(23)11-13-17)21(26)24-19-9-5-4-8-18(19)22(27)25-14-6-3-7-15-25/h4-5,8-13,20H,2-3,6-7,14-15H2,1H3,(H,24,26). The largest absolute Gasteiger partial charge is 0.339 e. The highest BCUT2D eigenvalue weighted by atomic mass is 35.5. The van der Waals surface area contributed by atoms with Crippen molar-refractivity contribution in [3.8, 4) is 0 Å². The van der Waals surface area contributed by atoms with Gasteiger partial charge in [-0.25, -0.2) is 0 Å². The number of carbonyl (C=O) groups is 2. The van der Waals surface area contributed by atoms with Crippen LogP contribution >= 0.6 is 23.4 Å². The van der Waals surface area contributed by atoms with E-state index < -0.39 is 0 Å². The number of benzene rings is 2. The van der Waals surface area contributed by atoms with E-state index in [9.17, 15) is 9.59 Å². The van der Waals surface area contributed by atoms with Gasteiger partial charge in [0.25, 0.3) is 5.91 Å². The highest BCUT2D eigenvalue weighted by Crippen LogP contribution is 2.28. The van der Waals surface area contributed by atoms with Crippen LogP contribution in [-0.2, 0) is 4.79 Å². The molecular weight excluding hydrogens is 392 g/mol. The van der Waals surface area contributed by atoms with E-state index in [4.69, 9.17) is 11.6 Å². The summed E-state index contributed by atoms with van der Waals surface area (Å²) in [7, 11) is 0. The minimum Gasteiger partial charge on any atom is -0.339 e. The first-order chi connectivity index (χ1) is 13.6. The molecular formula is C22H25ClN2O2S. The molecule has 1 N–H and O–H groups in total. The van der Waals surface area contributed by atoms with E-state index in [0.717, 1.165) is 30.8 Å². The number of rotatable bonds is 6. The monoisotopic (exact) mass is 416 g/mol. The molecule has 2 aromatic carbocycles. The van der Waals surface area contributed by atoms with Crippen molar-refractivity contribution in [3.05, 3.63) is 59.1 Å². The molecule has 3 rings (SSSR count). The second kappa shape index (κ2) is 9.99. The molecule has 1 fully saturated rings. The Kier molecular flexibility index (Phi) is 7.40. The van der Waals surface area contributed by atoms with Gasteiger partial charge in [0.2, 0.25) is 5.91 Å². The Balaban J connectivity index is 1.72. The van der Waals surface area contributed by atoms with Gasteiger partial charge >= 0.3 is 0 Å². The Morgan fingerprint density at radius 1 is 1.07 bits per heavy atom. The lowest BCUT2D eigenvalue weighted by molar-refractivity contribution is -0.115. The molecule has 0 radical (unpaired) electrons. The molecule has 148 valence electrons. The molecule has 0 spiro atoms. The molecule has 0 aliphatic carbocycles. The van der Waals surface area contributed by atoms with Crippen molar-refractivity contribution in [2.24, 2.45) is 0 Å². The average Bonchev–Trinajstić information content (AvgIpc) is 2.73. The molecule has 2 amide bonds. The molecule has 0 aromatic heterocycles. The molecule has 1 unspecified atom stereocenters. The zero-order chi connectivity index (χ0) is 19.9. The summed E-state index contributed by atoms with van der Waals surface area (Å²) >= 11 is 7.44. The van der Waals surface area contributed by atoms with Gasteiger partial charge < -0.3 is 10.2 Å². The van der Waals surface area contributed by atoms with Crippen LogP contribution in [-0.4, -0.2) is 35.1 Å². The SMILES string of the molecule is CCC(Sc1ccc(Cl)cc1)C(=O)Nc1ccccc1C(=O)N1CCCCC1. The van der Waals surface area contributed by atoms with Gasteiger partial charge in [-0.2, -0.15) is 0 Å². The third-order valence-corrected chi connectivity index (χ3v) is 6.44. The van der Waals surface area contributed by atoms with Crippen molar-refractivity contribution in [1.29, 1.82) is 0 Å². The molecule has 1 atom stereocenters. The maximum Gasteiger partial charge on any atom is 0.255 e. The summed E-state index contributed by atoms with van der Waals surface area (Å²) in [6.07, 6.45) is 3.93. The summed E-state index contributed by atoms with van der Waals surface area (Å²) in [5.41, 5.74) is 1.14. The van der Waals surface area contributed by atoms with Gasteiger partial charge in [-0.3, -0.25) is 9.59 Å². The number of hydrogen-bond donors (Lipinski definition) is 1. The van der Waals surface area contributed by atoms with Crippen LogP contribution in [0.25, 0.3) is 0 Å². The Hall–Kier alpha value is -1.98. The average molecular weight is 417 g/mol. The van der Waals surface area contributed by atoms with Crippen molar-refractivity contribution in [2.45, 2.75) is 42.8 Å². The Labute approximate surface area is 175 Å². The molecule has 1 saturated heterocycles. The Bertz CT molecular complexity index is 820. The van der Waals surface area contributed by atoms with E-state index in [0.29, 0.717) is 22.7 Å². The second-order valence-electron chi connectivity index (χ2n) is 6.86. The number of anilines is 1. The molecule has 0 bridgehead atoms.